The second-order valence-electron chi connectivity index (χ2n) is 2.35. The lowest BCUT2D eigenvalue weighted by Gasteiger charge is -1.89. The minimum absolute atomic E-state index is 0.454. The van der Waals surface area contributed by atoms with Crippen molar-refractivity contribution >= 4 is 33.5 Å². The van der Waals surface area contributed by atoms with Gasteiger partial charge in [0.1, 0.15) is 6.07 Å². The molecule has 4 heteroatoms. The van der Waals surface area contributed by atoms with Crippen LogP contribution in [0.25, 0.3) is 10.9 Å². The zero-order valence-corrected chi connectivity index (χ0v) is 8.16. The molecule has 0 fully saturated rings. The number of rotatable bonds is 0. The van der Waals surface area contributed by atoms with Crippen molar-refractivity contribution in [1.82, 2.24) is 9.97 Å². The fourth-order valence-corrected chi connectivity index (χ4v) is 1.71. The van der Waals surface area contributed by atoms with Crippen LogP contribution in [-0.4, -0.2) is 9.97 Å². The molecule has 0 atom stereocenters. The van der Waals surface area contributed by atoms with Gasteiger partial charge in [-0.2, -0.15) is 5.26 Å². The molecule has 0 aliphatic heterocycles. The molecule has 2 heterocycles. The van der Waals surface area contributed by atoms with Gasteiger partial charge in [0, 0.05) is 11.6 Å². The van der Waals surface area contributed by atoms with Crippen molar-refractivity contribution in [3.63, 3.8) is 0 Å². The van der Waals surface area contributed by atoms with E-state index >= 15 is 0 Å². The highest BCUT2D eigenvalue weighted by Gasteiger charge is 2.03. The molecule has 0 spiro atoms. The molecule has 58 valence electrons. The average molecular weight is 269 g/mol. The van der Waals surface area contributed by atoms with Gasteiger partial charge in [0.2, 0.25) is 0 Å². The summed E-state index contributed by atoms with van der Waals surface area (Å²) in [6.45, 7) is 0. The predicted octanol–water partition coefficient (Wildman–Crippen LogP) is 2.04. The van der Waals surface area contributed by atoms with Crippen molar-refractivity contribution in [3.05, 3.63) is 27.7 Å². The Kier molecular flexibility index (Phi) is 1.73. The van der Waals surface area contributed by atoms with Gasteiger partial charge in [0.15, 0.2) is 5.69 Å². The maximum atomic E-state index is 8.71. The second kappa shape index (κ2) is 2.75. The summed E-state index contributed by atoms with van der Waals surface area (Å²) in [5, 5.41) is 9.74. The lowest BCUT2D eigenvalue weighted by molar-refractivity contribution is 1.27. The zero-order chi connectivity index (χ0) is 8.55. The first-order valence-electron chi connectivity index (χ1n) is 3.34. The third-order valence-corrected chi connectivity index (χ3v) is 2.20. The summed E-state index contributed by atoms with van der Waals surface area (Å²) in [4.78, 5) is 7.02. The Labute approximate surface area is 82.6 Å². The van der Waals surface area contributed by atoms with Crippen LogP contribution in [0, 0.1) is 15.0 Å². The molecule has 0 saturated carbocycles. The number of aromatic nitrogens is 2. The van der Waals surface area contributed by atoms with Gasteiger partial charge in [-0.25, -0.2) is 4.98 Å². The number of aromatic amines is 1. The van der Waals surface area contributed by atoms with Crippen LogP contribution in [0.2, 0.25) is 0 Å². The monoisotopic (exact) mass is 269 g/mol. The van der Waals surface area contributed by atoms with E-state index < -0.39 is 0 Å². The van der Waals surface area contributed by atoms with Crippen LogP contribution in [0.4, 0.5) is 0 Å². The minimum Gasteiger partial charge on any atom is -0.348 e. The van der Waals surface area contributed by atoms with Crippen molar-refractivity contribution in [2.45, 2.75) is 0 Å². The van der Waals surface area contributed by atoms with E-state index in [4.69, 9.17) is 5.26 Å². The summed E-state index contributed by atoms with van der Waals surface area (Å²) in [7, 11) is 0. The molecular formula is C8H4IN3. The first-order chi connectivity index (χ1) is 5.81. The topological polar surface area (TPSA) is 52.5 Å². The highest BCUT2D eigenvalue weighted by atomic mass is 127. The van der Waals surface area contributed by atoms with Crippen LogP contribution < -0.4 is 0 Å². The number of nitriles is 1. The number of nitrogens with one attached hydrogen (secondary N) is 1. The predicted molar refractivity (Wildman–Crippen MR) is 53.5 cm³/mol. The van der Waals surface area contributed by atoms with E-state index in [0.717, 1.165) is 14.6 Å². The molecular weight excluding hydrogens is 265 g/mol. The number of nitrogens with zero attached hydrogens (tertiary/aromatic N) is 2. The maximum Gasteiger partial charge on any atom is 0.164 e. The van der Waals surface area contributed by atoms with Crippen molar-refractivity contribution in [1.29, 1.82) is 5.26 Å². The van der Waals surface area contributed by atoms with Crippen LogP contribution >= 0.6 is 22.6 Å². The lowest BCUT2D eigenvalue weighted by Crippen LogP contribution is -1.82. The molecule has 0 radical (unpaired) electrons. The van der Waals surface area contributed by atoms with Crippen LogP contribution in [0.15, 0.2) is 18.3 Å². The molecule has 0 aliphatic carbocycles. The normalized spacial score (nSPS) is 10.0. The zero-order valence-electron chi connectivity index (χ0n) is 6.00. The summed E-state index contributed by atoms with van der Waals surface area (Å²) < 4.78 is 1.02. The first-order valence-corrected chi connectivity index (χ1v) is 4.42. The molecule has 2 rings (SSSR count). The number of H-pyrrole nitrogens is 1. The van der Waals surface area contributed by atoms with Crippen molar-refractivity contribution in [2.24, 2.45) is 0 Å². The van der Waals surface area contributed by atoms with Crippen molar-refractivity contribution in [2.75, 3.05) is 0 Å². The van der Waals surface area contributed by atoms with Gasteiger partial charge < -0.3 is 4.98 Å². The molecule has 0 saturated heterocycles. The Balaban J connectivity index is 2.89. The Morgan fingerprint density at radius 1 is 1.58 bits per heavy atom. The van der Waals surface area contributed by atoms with Gasteiger partial charge in [-0.1, -0.05) is 0 Å². The van der Waals surface area contributed by atoms with Gasteiger partial charge in [-0.15, -0.1) is 0 Å². The number of halogens is 1. The Morgan fingerprint density at radius 3 is 3.17 bits per heavy atom. The van der Waals surface area contributed by atoms with Gasteiger partial charge in [0.05, 0.1) is 9.22 Å². The van der Waals surface area contributed by atoms with Gasteiger partial charge in [-0.05, 0) is 34.7 Å². The fourth-order valence-electron chi connectivity index (χ4n) is 1.11. The Bertz CT molecular complexity index is 467. The molecule has 0 aliphatic rings. The van der Waals surface area contributed by atoms with Crippen LogP contribution in [0.5, 0.6) is 0 Å². The summed E-state index contributed by atoms with van der Waals surface area (Å²) in [6, 6.07) is 5.91. The molecule has 3 nitrogen and oxygen atoms in total. The molecule has 12 heavy (non-hydrogen) atoms. The standard InChI is InChI=1S/C8H4IN3/c9-7-3-5-1-2-11-6(4-10)8(5)12-7/h1-3,12H. The Morgan fingerprint density at radius 2 is 2.42 bits per heavy atom. The van der Waals surface area contributed by atoms with Crippen molar-refractivity contribution < 1.29 is 0 Å². The quantitative estimate of drug-likeness (QED) is 0.744. The highest BCUT2D eigenvalue weighted by molar-refractivity contribution is 14.1. The largest absolute Gasteiger partial charge is 0.348 e. The molecule has 2 aromatic heterocycles. The molecule has 0 bridgehead atoms. The van der Waals surface area contributed by atoms with E-state index in [2.05, 4.69) is 32.6 Å². The smallest absolute Gasteiger partial charge is 0.164 e. The summed E-state index contributed by atoms with van der Waals surface area (Å²) in [5.74, 6) is 0. The second-order valence-corrected chi connectivity index (χ2v) is 3.52. The van der Waals surface area contributed by atoms with E-state index in [9.17, 15) is 0 Å². The molecule has 0 unspecified atom stereocenters. The third-order valence-electron chi connectivity index (χ3n) is 1.62. The highest BCUT2D eigenvalue weighted by Crippen LogP contribution is 2.17. The SMILES string of the molecule is N#Cc1nccc2cc(I)[nH]c12. The van der Waals surface area contributed by atoms with Crippen molar-refractivity contribution in [3.8, 4) is 6.07 Å². The minimum atomic E-state index is 0.454. The fraction of sp³-hybridized carbons (Fsp3) is 0. The van der Waals surface area contributed by atoms with Crippen LogP contribution in [0.3, 0.4) is 0 Å². The van der Waals surface area contributed by atoms with Crippen LogP contribution in [-0.2, 0) is 0 Å². The van der Waals surface area contributed by atoms with E-state index in [1.54, 1.807) is 6.20 Å². The lowest BCUT2D eigenvalue weighted by atomic mass is 10.3. The first kappa shape index (κ1) is 7.55. The van der Waals surface area contributed by atoms with Gasteiger partial charge >= 0.3 is 0 Å². The summed E-state index contributed by atoms with van der Waals surface area (Å²) in [6.07, 6.45) is 1.64. The average Bonchev–Trinajstić information content (AvgIpc) is 2.44. The third kappa shape index (κ3) is 1.06. The van der Waals surface area contributed by atoms with E-state index in [1.165, 1.54) is 0 Å². The van der Waals surface area contributed by atoms with E-state index in [0.29, 0.717) is 5.69 Å². The summed E-state index contributed by atoms with van der Waals surface area (Å²) in [5.41, 5.74) is 1.28. The Hall–Kier alpha value is -1.09. The summed E-state index contributed by atoms with van der Waals surface area (Å²) >= 11 is 2.17. The van der Waals surface area contributed by atoms with Crippen LogP contribution in [0.1, 0.15) is 5.69 Å². The molecule has 0 aromatic carbocycles. The number of pyridine rings is 1. The van der Waals surface area contributed by atoms with E-state index in [1.807, 2.05) is 18.2 Å². The molecule has 2 aromatic rings. The molecule has 1 N–H and O–H groups in total. The number of hydrogen-bond donors (Lipinski definition) is 1. The van der Waals surface area contributed by atoms with Gasteiger partial charge in [0.25, 0.3) is 0 Å². The molecule has 0 amide bonds. The maximum absolute atomic E-state index is 8.71. The van der Waals surface area contributed by atoms with Gasteiger partial charge in [-0.3, -0.25) is 0 Å². The number of hydrogen-bond acceptors (Lipinski definition) is 2. The van der Waals surface area contributed by atoms with E-state index in [-0.39, 0.29) is 0 Å². The number of fused-ring (bicyclic) bond motifs is 1.